The van der Waals surface area contributed by atoms with Crippen LogP contribution in [0.25, 0.3) is 10.9 Å². The predicted octanol–water partition coefficient (Wildman–Crippen LogP) is 3.23. The Morgan fingerprint density at radius 3 is 2.81 bits per heavy atom. The highest BCUT2D eigenvalue weighted by molar-refractivity contribution is 6.03. The van der Waals surface area contributed by atoms with Gasteiger partial charge in [0.2, 0.25) is 5.91 Å². The lowest BCUT2D eigenvalue weighted by atomic mass is 10.0. The number of carbonyl (C=O) groups is 3. The van der Waals surface area contributed by atoms with E-state index >= 15 is 0 Å². The van der Waals surface area contributed by atoms with Gasteiger partial charge in [0, 0.05) is 49.1 Å². The first kappa shape index (κ1) is 20.7. The molecule has 0 fully saturated rings. The minimum absolute atomic E-state index is 0.104. The number of anilines is 1. The average molecular weight is 419 g/mol. The lowest BCUT2D eigenvalue weighted by Crippen LogP contribution is -2.42. The summed E-state index contributed by atoms with van der Waals surface area (Å²) in [6.45, 7) is 2.20. The number of H-pyrrole nitrogens is 1. The first-order valence-electron chi connectivity index (χ1n) is 10.4. The van der Waals surface area contributed by atoms with Gasteiger partial charge in [-0.15, -0.1) is 0 Å². The van der Waals surface area contributed by atoms with Gasteiger partial charge in [-0.1, -0.05) is 18.2 Å². The quantitative estimate of drug-likeness (QED) is 0.575. The van der Waals surface area contributed by atoms with Crippen molar-refractivity contribution < 1.29 is 19.1 Å². The Morgan fingerprint density at radius 1 is 1.16 bits per heavy atom. The van der Waals surface area contributed by atoms with E-state index in [1.165, 1.54) is 4.90 Å². The van der Waals surface area contributed by atoms with Gasteiger partial charge in [0.25, 0.3) is 5.91 Å². The van der Waals surface area contributed by atoms with Crippen LogP contribution < -0.4 is 15.0 Å². The summed E-state index contributed by atoms with van der Waals surface area (Å²) in [6, 6.07) is 13.1. The summed E-state index contributed by atoms with van der Waals surface area (Å²) < 4.78 is 5.58. The van der Waals surface area contributed by atoms with E-state index in [-0.39, 0.29) is 30.4 Å². The third kappa shape index (κ3) is 4.30. The molecule has 7 nitrogen and oxygen atoms in total. The lowest BCUT2D eigenvalue weighted by molar-refractivity contribution is -0.125. The fourth-order valence-corrected chi connectivity index (χ4v) is 3.82. The van der Waals surface area contributed by atoms with Gasteiger partial charge in [0.05, 0.1) is 5.69 Å². The number of fused-ring (bicyclic) bond motifs is 2. The Morgan fingerprint density at radius 2 is 1.97 bits per heavy atom. The molecule has 0 aliphatic carbocycles. The molecule has 2 heterocycles. The van der Waals surface area contributed by atoms with Crippen LogP contribution in [0.4, 0.5) is 5.69 Å². The molecular weight excluding hydrogens is 394 g/mol. The van der Waals surface area contributed by atoms with Gasteiger partial charge in [-0.05, 0) is 43.2 Å². The number of hydrogen-bond acceptors (Lipinski definition) is 4. The number of nitrogens with one attached hydrogen (secondary N) is 2. The Hall–Kier alpha value is -3.61. The number of hydrogen-bond donors (Lipinski definition) is 2. The highest BCUT2D eigenvalue weighted by Gasteiger charge is 2.29. The van der Waals surface area contributed by atoms with E-state index in [1.54, 1.807) is 32.2 Å². The van der Waals surface area contributed by atoms with Crippen molar-refractivity contribution in [2.45, 2.75) is 32.3 Å². The summed E-state index contributed by atoms with van der Waals surface area (Å²) >= 11 is 0. The first-order chi connectivity index (χ1) is 14.9. The molecule has 31 heavy (non-hydrogen) atoms. The van der Waals surface area contributed by atoms with Crippen LogP contribution in [-0.2, 0) is 16.0 Å². The van der Waals surface area contributed by atoms with Crippen LogP contribution in [0, 0.1) is 0 Å². The zero-order valence-corrected chi connectivity index (χ0v) is 17.6. The van der Waals surface area contributed by atoms with E-state index in [0.717, 1.165) is 16.5 Å². The Balaban J connectivity index is 1.29. The molecular formula is C24H25N3O4. The zero-order valence-electron chi connectivity index (χ0n) is 17.6. The highest BCUT2D eigenvalue weighted by atomic mass is 16.5. The molecule has 160 valence electrons. The fourth-order valence-electron chi connectivity index (χ4n) is 3.82. The molecule has 2 amide bonds. The van der Waals surface area contributed by atoms with Crippen molar-refractivity contribution in [1.82, 2.24) is 10.3 Å². The van der Waals surface area contributed by atoms with Crippen molar-refractivity contribution in [3.63, 3.8) is 0 Å². The summed E-state index contributed by atoms with van der Waals surface area (Å²) in [4.78, 5) is 41.6. The van der Waals surface area contributed by atoms with E-state index in [9.17, 15) is 14.4 Å². The molecule has 2 aromatic carbocycles. The lowest BCUT2D eigenvalue weighted by Gasteiger charge is -2.30. The normalized spacial score (nSPS) is 15.5. The summed E-state index contributed by atoms with van der Waals surface area (Å²) in [5.74, 6) is 0.109. The first-order valence-corrected chi connectivity index (χ1v) is 10.4. The van der Waals surface area contributed by atoms with Crippen LogP contribution in [0.5, 0.6) is 5.75 Å². The maximum absolute atomic E-state index is 12.6. The molecule has 1 aromatic heterocycles. The number of para-hydroxylation sites is 1. The second kappa shape index (κ2) is 8.63. The van der Waals surface area contributed by atoms with Crippen LogP contribution in [-0.4, -0.2) is 42.3 Å². The molecule has 1 aliphatic rings. The number of ether oxygens (including phenoxy) is 1. The number of likely N-dealkylation sites (N-methyl/N-ethyl adjacent to an activating group) is 1. The monoisotopic (exact) mass is 419 g/mol. The number of carbonyl (C=O) groups excluding carboxylic acids is 3. The van der Waals surface area contributed by atoms with Crippen LogP contribution in [0.3, 0.4) is 0 Å². The van der Waals surface area contributed by atoms with Crippen LogP contribution in [0.15, 0.2) is 48.7 Å². The number of ketones is 1. The number of aromatic nitrogens is 1. The van der Waals surface area contributed by atoms with Crippen molar-refractivity contribution in [2.75, 3.05) is 18.5 Å². The second-order valence-electron chi connectivity index (χ2n) is 7.72. The van der Waals surface area contributed by atoms with Gasteiger partial charge in [-0.25, -0.2) is 0 Å². The van der Waals surface area contributed by atoms with Crippen LogP contribution in [0.2, 0.25) is 0 Å². The maximum Gasteiger partial charge on any atom is 0.267 e. The molecule has 3 aromatic rings. The van der Waals surface area contributed by atoms with Crippen molar-refractivity contribution in [3.05, 3.63) is 59.8 Å². The average Bonchev–Trinajstić information content (AvgIpc) is 3.19. The molecule has 4 rings (SSSR count). The van der Waals surface area contributed by atoms with Crippen LogP contribution >= 0.6 is 0 Å². The molecule has 0 saturated carbocycles. The fraction of sp³-hybridized carbons (Fsp3) is 0.292. The van der Waals surface area contributed by atoms with E-state index < -0.39 is 6.10 Å². The van der Waals surface area contributed by atoms with Crippen molar-refractivity contribution in [1.29, 1.82) is 0 Å². The summed E-state index contributed by atoms with van der Waals surface area (Å²) in [7, 11) is 1.66. The van der Waals surface area contributed by atoms with Crippen molar-refractivity contribution >= 4 is 34.2 Å². The largest absolute Gasteiger partial charge is 0.479 e. The van der Waals surface area contributed by atoms with Gasteiger partial charge in [-0.2, -0.15) is 0 Å². The van der Waals surface area contributed by atoms with Crippen molar-refractivity contribution in [3.8, 4) is 5.75 Å². The van der Waals surface area contributed by atoms with E-state index in [1.807, 2.05) is 24.4 Å². The third-order valence-electron chi connectivity index (χ3n) is 5.59. The maximum atomic E-state index is 12.6. The number of aromatic amines is 1. The van der Waals surface area contributed by atoms with Gasteiger partial charge in [0.15, 0.2) is 11.9 Å². The minimum Gasteiger partial charge on any atom is -0.479 e. The standard InChI is InChI=1S/C24H25N3O4/c1-15-24(30)27(2)20-13-16(7-9-22(20)31-15)21(28)8-10-23(29)25-12-11-17-14-26-19-6-4-3-5-18(17)19/h3-7,9,13-15,26H,8,10-12H2,1-2H3,(H,25,29). The van der Waals surface area contributed by atoms with E-state index in [4.69, 9.17) is 4.74 Å². The molecule has 1 atom stereocenters. The summed E-state index contributed by atoms with van der Waals surface area (Å²) in [5, 5.41) is 4.04. The predicted molar refractivity (Wildman–Crippen MR) is 119 cm³/mol. The number of Topliss-reactive ketones (excluding diaryl/α,β-unsaturated/α-hetero) is 1. The molecule has 0 bridgehead atoms. The summed E-state index contributed by atoms with van der Waals surface area (Å²) in [6.07, 6.45) is 2.35. The second-order valence-corrected chi connectivity index (χ2v) is 7.72. The van der Waals surface area contributed by atoms with Gasteiger partial charge in [-0.3, -0.25) is 14.4 Å². The van der Waals surface area contributed by atoms with Gasteiger partial charge < -0.3 is 19.9 Å². The smallest absolute Gasteiger partial charge is 0.267 e. The molecule has 0 spiro atoms. The van der Waals surface area contributed by atoms with E-state index in [2.05, 4.69) is 16.4 Å². The van der Waals surface area contributed by atoms with E-state index in [0.29, 0.717) is 30.0 Å². The van der Waals surface area contributed by atoms with Gasteiger partial charge >= 0.3 is 0 Å². The van der Waals surface area contributed by atoms with Crippen molar-refractivity contribution in [2.24, 2.45) is 0 Å². The van der Waals surface area contributed by atoms with Gasteiger partial charge in [0.1, 0.15) is 5.75 Å². The number of benzene rings is 2. The number of amides is 2. The Bertz CT molecular complexity index is 1150. The molecule has 0 radical (unpaired) electrons. The Kier molecular flexibility index (Phi) is 5.75. The third-order valence-corrected chi connectivity index (χ3v) is 5.59. The molecule has 1 aliphatic heterocycles. The number of nitrogens with zero attached hydrogens (tertiary/aromatic N) is 1. The van der Waals surface area contributed by atoms with Crippen LogP contribution in [0.1, 0.15) is 35.7 Å². The number of rotatable bonds is 7. The Labute approximate surface area is 180 Å². The highest BCUT2D eigenvalue weighted by Crippen LogP contribution is 2.34. The SMILES string of the molecule is CC1Oc2ccc(C(=O)CCC(=O)NCCc3c[nH]c4ccccc34)cc2N(C)C1=O. The zero-order chi connectivity index (χ0) is 22.0. The summed E-state index contributed by atoms with van der Waals surface area (Å²) in [5.41, 5.74) is 3.25. The minimum atomic E-state index is -0.549. The molecule has 0 saturated heterocycles. The molecule has 2 N–H and O–H groups in total. The topological polar surface area (TPSA) is 91.5 Å². The molecule has 7 heteroatoms. The molecule has 1 unspecified atom stereocenters.